The molecule has 1 rings (SSSR count). The highest BCUT2D eigenvalue weighted by Crippen LogP contribution is 2.25. The van der Waals surface area contributed by atoms with Crippen LogP contribution in [0.4, 0.5) is 5.82 Å². The van der Waals surface area contributed by atoms with E-state index in [2.05, 4.69) is 10.3 Å². The summed E-state index contributed by atoms with van der Waals surface area (Å²) >= 11 is 0. The Kier molecular flexibility index (Phi) is 5.72. The maximum absolute atomic E-state index is 12.3. The third-order valence-electron chi connectivity index (χ3n) is 3.59. The number of aliphatic hydroxyl groups is 1. The second kappa shape index (κ2) is 6.89. The minimum absolute atomic E-state index is 0.146. The third kappa shape index (κ3) is 4.43. The molecule has 2 N–H and O–H groups in total. The molecule has 1 amide bonds. The Labute approximate surface area is 127 Å². The van der Waals surface area contributed by atoms with E-state index < -0.39 is 6.10 Å². The molecule has 0 aromatic carbocycles. The van der Waals surface area contributed by atoms with Crippen LogP contribution in [-0.2, 0) is 0 Å². The largest absolute Gasteiger partial charge is 0.392 e. The van der Waals surface area contributed by atoms with Crippen molar-refractivity contribution in [3.63, 3.8) is 0 Å². The average molecular weight is 293 g/mol. The second-order valence-electron chi connectivity index (χ2n) is 6.63. The van der Waals surface area contributed by atoms with Crippen LogP contribution in [0.5, 0.6) is 0 Å². The lowest BCUT2D eigenvalue weighted by molar-refractivity contribution is 0.0138. The SMILES string of the molecule is CC(C)C(O)C(C)(C)CNC(=O)c1cccnc1N(C)C. The van der Waals surface area contributed by atoms with Gasteiger partial charge in [0.15, 0.2) is 0 Å². The molecule has 118 valence electrons. The number of aliphatic hydroxyl groups excluding tert-OH is 1. The van der Waals surface area contributed by atoms with Crippen LogP contribution in [0.3, 0.4) is 0 Å². The number of aromatic nitrogens is 1. The van der Waals surface area contributed by atoms with Gasteiger partial charge in [-0.05, 0) is 18.1 Å². The summed E-state index contributed by atoms with van der Waals surface area (Å²) in [6.45, 7) is 8.26. The molecule has 1 atom stereocenters. The van der Waals surface area contributed by atoms with Crippen molar-refractivity contribution in [2.24, 2.45) is 11.3 Å². The van der Waals surface area contributed by atoms with Gasteiger partial charge in [0, 0.05) is 32.3 Å². The fourth-order valence-corrected chi connectivity index (χ4v) is 2.34. The van der Waals surface area contributed by atoms with Gasteiger partial charge in [-0.15, -0.1) is 0 Å². The Balaban J connectivity index is 2.79. The summed E-state index contributed by atoms with van der Waals surface area (Å²) in [6, 6.07) is 3.50. The van der Waals surface area contributed by atoms with Gasteiger partial charge in [0.2, 0.25) is 0 Å². The van der Waals surface area contributed by atoms with Crippen LogP contribution in [0.2, 0.25) is 0 Å². The summed E-state index contributed by atoms with van der Waals surface area (Å²) in [6.07, 6.45) is 1.19. The first kappa shape index (κ1) is 17.4. The molecule has 0 radical (unpaired) electrons. The van der Waals surface area contributed by atoms with Crippen LogP contribution in [0.1, 0.15) is 38.1 Å². The summed E-state index contributed by atoms with van der Waals surface area (Å²) in [5.74, 6) is 0.612. The van der Waals surface area contributed by atoms with Crippen molar-refractivity contribution in [2.45, 2.75) is 33.8 Å². The van der Waals surface area contributed by atoms with Crippen LogP contribution in [-0.4, -0.2) is 42.7 Å². The van der Waals surface area contributed by atoms with E-state index in [1.807, 2.05) is 46.7 Å². The van der Waals surface area contributed by atoms with Gasteiger partial charge in [-0.25, -0.2) is 4.98 Å². The molecule has 0 spiro atoms. The van der Waals surface area contributed by atoms with Crippen LogP contribution in [0, 0.1) is 11.3 Å². The Morgan fingerprint density at radius 1 is 1.43 bits per heavy atom. The number of rotatable bonds is 6. The van der Waals surface area contributed by atoms with Crippen molar-refractivity contribution >= 4 is 11.7 Å². The normalized spacial score (nSPS) is 13.1. The quantitative estimate of drug-likeness (QED) is 0.841. The van der Waals surface area contributed by atoms with Crippen molar-refractivity contribution in [3.05, 3.63) is 23.9 Å². The van der Waals surface area contributed by atoms with E-state index in [1.165, 1.54) is 0 Å². The van der Waals surface area contributed by atoms with E-state index in [9.17, 15) is 9.90 Å². The third-order valence-corrected chi connectivity index (χ3v) is 3.59. The Hall–Kier alpha value is -1.62. The Morgan fingerprint density at radius 2 is 2.05 bits per heavy atom. The standard InChI is InChI=1S/C16H27N3O2/c1-11(2)13(20)16(3,4)10-18-15(21)12-8-7-9-17-14(12)19(5)6/h7-9,11,13,20H,10H2,1-6H3,(H,18,21). The molecule has 1 aromatic rings. The van der Waals surface area contributed by atoms with Crippen LogP contribution in [0.15, 0.2) is 18.3 Å². The molecule has 0 saturated heterocycles. The molecule has 0 aliphatic heterocycles. The van der Waals surface area contributed by atoms with E-state index in [4.69, 9.17) is 0 Å². The Bertz CT molecular complexity index is 484. The zero-order valence-corrected chi connectivity index (χ0v) is 13.8. The van der Waals surface area contributed by atoms with Crippen molar-refractivity contribution in [3.8, 4) is 0 Å². The number of carbonyl (C=O) groups excluding carboxylic acids is 1. The van der Waals surface area contributed by atoms with Gasteiger partial charge in [-0.1, -0.05) is 27.7 Å². The van der Waals surface area contributed by atoms with Gasteiger partial charge < -0.3 is 15.3 Å². The highest BCUT2D eigenvalue weighted by atomic mass is 16.3. The highest BCUT2D eigenvalue weighted by molar-refractivity contribution is 5.98. The molecule has 0 fully saturated rings. The minimum Gasteiger partial charge on any atom is -0.392 e. The summed E-state index contributed by atoms with van der Waals surface area (Å²) in [5, 5.41) is 13.1. The van der Waals surface area contributed by atoms with Gasteiger partial charge in [0.05, 0.1) is 11.7 Å². The second-order valence-corrected chi connectivity index (χ2v) is 6.63. The lowest BCUT2D eigenvalue weighted by atomic mass is 9.80. The van der Waals surface area contributed by atoms with E-state index in [0.717, 1.165) is 0 Å². The number of nitrogens with one attached hydrogen (secondary N) is 1. The molecule has 1 heterocycles. The molecular weight excluding hydrogens is 266 g/mol. The highest BCUT2D eigenvalue weighted by Gasteiger charge is 2.30. The van der Waals surface area contributed by atoms with Gasteiger partial charge in [0.25, 0.3) is 5.91 Å². The monoisotopic (exact) mass is 293 g/mol. The number of amides is 1. The number of hydrogen-bond acceptors (Lipinski definition) is 4. The van der Waals surface area contributed by atoms with E-state index in [0.29, 0.717) is 17.9 Å². The van der Waals surface area contributed by atoms with Crippen LogP contribution in [0.25, 0.3) is 0 Å². The number of pyridine rings is 1. The molecule has 21 heavy (non-hydrogen) atoms. The molecule has 1 aromatic heterocycles. The van der Waals surface area contributed by atoms with E-state index >= 15 is 0 Å². The average Bonchev–Trinajstić information content (AvgIpc) is 2.43. The minimum atomic E-state index is -0.472. The molecule has 0 bridgehead atoms. The summed E-state index contributed by atoms with van der Waals surface area (Å²) in [7, 11) is 3.71. The fraction of sp³-hybridized carbons (Fsp3) is 0.625. The van der Waals surface area contributed by atoms with Gasteiger partial charge >= 0.3 is 0 Å². The van der Waals surface area contributed by atoms with Gasteiger partial charge in [-0.3, -0.25) is 4.79 Å². The Morgan fingerprint density at radius 3 is 2.57 bits per heavy atom. The molecule has 0 aliphatic carbocycles. The first-order chi connectivity index (χ1) is 9.66. The first-order valence-electron chi connectivity index (χ1n) is 7.25. The van der Waals surface area contributed by atoms with Crippen molar-refractivity contribution in [1.29, 1.82) is 0 Å². The maximum atomic E-state index is 12.3. The van der Waals surface area contributed by atoms with Crippen molar-refractivity contribution in [1.82, 2.24) is 10.3 Å². The summed E-state index contributed by atoms with van der Waals surface area (Å²) in [5.41, 5.74) is 0.155. The molecule has 0 aliphatic rings. The lowest BCUT2D eigenvalue weighted by Crippen LogP contribution is -2.43. The molecule has 1 unspecified atom stereocenters. The van der Waals surface area contributed by atoms with E-state index in [-0.39, 0.29) is 17.2 Å². The van der Waals surface area contributed by atoms with Crippen molar-refractivity contribution < 1.29 is 9.90 Å². The molecular formula is C16H27N3O2. The fourth-order valence-electron chi connectivity index (χ4n) is 2.34. The summed E-state index contributed by atoms with van der Waals surface area (Å²) < 4.78 is 0. The van der Waals surface area contributed by atoms with E-state index in [1.54, 1.807) is 18.3 Å². The predicted molar refractivity (Wildman–Crippen MR) is 85.5 cm³/mol. The zero-order valence-electron chi connectivity index (χ0n) is 13.8. The van der Waals surface area contributed by atoms with Crippen molar-refractivity contribution in [2.75, 3.05) is 25.5 Å². The smallest absolute Gasteiger partial charge is 0.255 e. The van der Waals surface area contributed by atoms with Crippen LogP contribution < -0.4 is 10.2 Å². The molecule has 0 saturated carbocycles. The number of nitrogens with zero attached hydrogens (tertiary/aromatic N) is 2. The number of carbonyl (C=O) groups is 1. The van der Waals surface area contributed by atoms with Crippen LogP contribution >= 0.6 is 0 Å². The van der Waals surface area contributed by atoms with Gasteiger partial charge in [-0.2, -0.15) is 0 Å². The molecule has 5 heteroatoms. The lowest BCUT2D eigenvalue weighted by Gasteiger charge is -2.33. The predicted octanol–water partition coefficient (Wildman–Crippen LogP) is 1.92. The first-order valence-corrected chi connectivity index (χ1v) is 7.25. The number of hydrogen-bond donors (Lipinski definition) is 2. The maximum Gasteiger partial charge on any atom is 0.255 e. The van der Waals surface area contributed by atoms with Gasteiger partial charge in [0.1, 0.15) is 5.82 Å². The zero-order chi connectivity index (χ0) is 16.2. The molecule has 5 nitrogen and oxygen atoms in total. The number of anilines is 1. The summed E-state index contributed by atoms with van der Waals surface area (Å²) in [4.78, 5) is 18.4. The topological polar surface area (TPSA) is 65.5 Å².